The number of nitrogens with zero attached hydrogens (tertiary/aromatic N) is 2. The Bertz CT molecular complexity index is 1640. The second-order valence-corrected chi connectivity index (χ2v) is 7.70. The van der Waals surface area contributed by atoms with Crippen molar-refractivity contribution in [3.05, 3.63) is 84.0 Å². The zero-order chi connectivity index (χ0) is 20.6. The Kier molecular flexibility index (Phi) is 3.02. The van der Waals surface area contributed by atoms with Crippen LogP contribution in [0.2, 0.25) is 0 Å². The van der Waals surface area contributed by atoms with E-state index in [1.54, 1.807) is 0 Å². The van der Waals surface area contributed by atoms with E-state index in [0.29, 0.717) is 6.17 Å². The van der Waals surface area contributed by atoms with Gasteiger partial charge in [-0.15, -0.1) is 0 Å². The summed E-state index contributed by atoms with van der Waals surface area (Å²) < 4.78 is 19.0. The van der Waals surface area contributed by atoms with Crippen molar-refractivity contribution >= 4 is 43.7 Å². The van der Waals surface area contributed by atoms with E-state index in [1.807, 2.05) is 35.9 Å². The van der Waals surface area contributed by atoms with Crippen LogP contribution < -0.4 is 4.57 Å². The molecule has 3 nitrogen and oxygen atoms in total. The molecule has 0 aliphatic carbocycles. The Morgan fingerprint density at radius 1 is 0.828 bits per heavy atom. The van der Waals surface area contributed by atoms with E-state index >= 15 is 0 Å². The first-order valence-electron chi connectivity index (χ1n) is 10.4. The van der Waals surface area contributed by atoms with Gasteiger partial charge < -0.3 is 4.42 Å². The van der Waals surface area contributed by atoms with Gasteiger partial charge in [0, 0.05) is 27.8 Å². The van der Waals surface area contributed by atoms with Crippen molar-refractivity contribution in [1.82, 2.24) is 4.57 Å². The molecule has 0 amide bonds. The highest BCUT2D eigenvalue weighted by molar-refractivity contribution is 6.25. The van der Waals surface area contributed by atoms with Crippen LogP contribution in [-0.2, 0) is 7.05 Å². The van der Waals surface area contributed by atoms with E-state index in [2.05, 4.69) is 60.9 Å². The van der Waals surface area contributed by atoms with Crippen LogP contribution in [0.1, 0.15) is 12.5 Å². The van der Waals surface area contributed by atoms with E-state index in [0.717, 1.165) is 44.2 Å². The molecule has 0 bridgehead atoms. The maximum atomic E-state index is 8.31. The topological polar surface area (TPSA) is 21.9 Å². The van der Waals surface area contributed by atoms with Crippen LogP contribution in [0.15, 0.2) is 77.3 Å². The van der Waals surface area contributed by atoms with Crippen molar-refractivity contribution in [3.8, 4) is 5.82 Å². The first kappa shape index (κ1) is 15.3. The molecule has 0 atom stereocenters. The average Bonchev–Trinajstić information content (AvgIpc) is 3.30. The standard InChI is InChI=1S/C26H21N2O/c1-16-17(2)25-24(26-23(16)19-11-5-7-13-21(19)29-26)18-10-4-6-12-20(18)28(25)22-14-8-9-15-27(22)3/h4-15H,1-3H3/q+1/i15D. The van der Waals surface area contributed by atoms with Gasteiger partial charge >= 0.3 is 0 Å². The molecule has 0 aliphatic heterocycles. The van der Waals surface area contributed by atoms with Gasteiger partial charge in [0.05, 0.1) is 18.6 Å². The summed E-state index contributed by atoms with van der Waals surface area (Å²) in [7, 11) is 1.94. The highest BCUT2D eigenvalue weighted by Gasteiger charge is 2.27. The first-order chi connectivity index (χ1) is 14.6. The molecule has 6 aromatic rings. The molecule has 29 heavy (non-hydrogen) atoms. The van der Waals surface area contributed by atoms with Gasteiger partial charge in [0.2, 0.25) is 0 Å². The molecule has 140 valence electrons. The molecule has 0 spiro atoms. The predicted octanol–water partition coefficient (Wildman–Crippen LogP) is 6.12. The summed E-state index contributed by atoms with van der Waals surface area (Å²) in [6, 6.07) is 22.6. The molecule has 3 heterocycles. The summed E-state index contributed by atoms with van der Waals surface area (Å²) >= 11 is 0. The molecular formula is C26H21N2O+. The summed E-state index contributed by atoms with van der Waals surface area (Å²) in [6.45, 7) is 4.38. The molecule has 3 heteroatoms. The van der Waals surface area contributed by atoms with Gasteiger partial charge in [-0.05, 0) is 43.7 Å². The largest absolute Gasteiger partial charge is 0.455 e. The second-order valence-electron chi connectivity index (χ2n) is 7.70. The van der Waals surface area contributed by atoms with Crippen molar-refractivity contribution in [2.24, 2.45) is 7.05 Å². The van der Waals surface area contributed by atoms with Gasteiger partial charge in [-0.1, -0.05) is 36.4 Å². The number of para-hydroxylation sites is 2. The van der Waals surface area contributed by atoms with Crippen molar-refractivity contribution in [3.63, 3.8) is 0 Å². The van der Waals surface area contributed by atoms with Gasteiger partial charge in [0.25, 0.3) is 5.82 Å². The number of pyridine rings is 1. The maximum Gasteiger partial charge on any atom is 0.286 e. The number of fused-ring (bicyclic) bond motifs is 7. The zero-order valence-corrected chi connectivity index (χ0v) is 16.7. The van der Waals surface area contributed by atoms with Gasteiger partial charge in [-0.25, -0.2) is 4.57 Å². The van der Waals surface area contributed by atoms with E-state index in [4.69, 9.17) is 5.79 Å². The fraction of sp³-hybridized carbons (Fsp3) is 0.115. The minimum Gasteiger partial charge on any atom is -0.455 e. The molecule has 0 saturated carbocycles. The molecule has 0 radical (unpaired) electrons. The quantitative estimate of drug-likeness (QED) is 0.316. The van der Waals surface area contributed by atoms with Crippen molar-refractivity contribution in [2.75, 3.05) is 0 Å². The van der Waals surface area contributed by atoms with Crippen LogP contribution >= 0.6 is 0 Å². The Labute approximate surface area is 169 Å². The van der Waals surface area contributed by atoms with Crippen molar-refractivity contribution < 1.29 is 10.4 Å². The third kappa shape index (κ3) is 2.05. The van der Waals surface area contributed by atoms with Gasteiger partial charge in [0.15, 0.2) is 0 Å². The van der Waals surface area contributed by atoms with Crippen LogP contribution in [0, 0.1) is 13.8 Å². The smallest absolute Gasteiger partial charge is 0.286 e. The van der Waals surface area contributed by atoms with E-state index in [9.17, 15) is 0 Å². The Balaban J connectivity index is 1.95. The molecule has 6 rings (SSSR count). The zero-order valence-electron chi connectivity index (χ0n) is 17.7. The van der Waals surface area contributed by atoms with E-state index in [-0.39, 0.29) is 0 Å². The lowest BCUT2D eigenvalue weighted by molar-refractivity contribution is -0.665. The Morgan fingerprint density at radius 3 is 2.41 bits per heavy atom. The SMILES string of the molecule is [2H]c1cccc(-n2c3ccccc3c3c4oc5ccccc5c4c(C)c(C)c32)[n+]1C. The number of hydrogen-bond donors (Lipinski definition) is 0. The fourth-order valence-electron chi connectivity index (χ4n) is 4.71. The lowest BCUT2D eigenvalue weighted by atomic mass is 9.98. The van der Waals surface area contributed by atoms with Crippen LogP contribution in [-0.4, -0.2) is 4.57 Å². The lowest BCUT2D eigenvalue weighted by Gasteiger charge is -2.07. The molecule has 0 N–H and O–H groups in total. The van der Waals surface area contributed by atoms with E-state index < -0.39 is 0 Å². The van der Waals surface area contributed by atoms with Gasteiger partial charge in [0.1, 0.15) is 23.6 Å². The highest BCUT2D eigenvalue weighted by Crippen LogP contribution is 2.43. The highest BCUT2D eigenvalue weighted by atomic mass is 16.3. The van der Waals surface area contributed by atoms with Crippen LogP contribution in [0.3, 0.4) is 0 Å². The monoisotopic (exact) mass is 378 g/mol. The number of hydrogen-bond acceptors (Lipinski definition) is 1. The minimum absolute atomic E-state index is 0.470. The normalized spacial score (nSPS) is 12.4. The molecule has 0 aliphatic rings. The summed E-state index contributed by atoms with van der Waals surface area (Å²) in [6.07, 6.45) is 0.470. The molecule has 0 unspecified atom stereocenters. The maximum absolute atomic E-state index is 8.31. The number of rotatable bonds is 1. The van der Waals surface area contributed by atoms with Crippen molar-refractivity contribution in [2.45, 2.75) is 13.8 Å². The molecule has 3 aromatic carbocycles. The third-order valence-corrected chi connectivity index (χ3v) is 6.17. The third-order valence-electron chi connectivity index (χ3n) is 6.17. The first-order valence-corrected chi connectivity index (χ1v) is 9.87. The number of benzene rings is 3. The van der Waals surface area contributed by atoms with Gasteiger partial charge in [-0.2, -0.15) is 4.57 Å². The summed E-state index contributed by atoms with van der Waals surface area (Å²) in [5.74, 6) is 0.965. The summed E-state index contributed by atoms with van der Waals surface area (Å²) in [5, 5.41) is 4.65. The number of furan rings is 1. The molecule has 3 aromatic heterocycles. The summed E-state index contributed by atoms with van der Waals surface area (Å²) in [5.41, 5.74) is 6.57. The lowest BCUT2D eigenvalue weighted by Crippen LogP contribution is -2.33. The van der Waals surface area contributed by atoms with Crippen molar-refractivity contribution in [1.29, 1.82) is 0 Å². The van der Waals surface area contributed by atoms with Crippen LogP contribution in [0.4, 0.5) is 0 Å². The number of aryl methyl sites for hydroxylation is 2. The predicted molar refractivity (Wildman–Crippen MR) is 119 cm³/mol. The Hall–Kier alpha value is -3.59. The number of aromatic nitrogens is 2. The fourth-order valence-corrected chi connectivity index (χ4v) is 4.71. The second kappa shape index (κ2) is 5.71. The van der Waals surface area contributed by atoms with Crippen LogP contribution in [0.25, 0.3) is 49.6 Å². The summed E-state index contributed by atoms with van der Waals surface area (Å²) in [4.78, 5) is 0. The molecule has 0 fully saturated rings. The van der Waals surface area contributed by atoms with Crippen LogP contribution in [0.5, 0.6) is 0 Å². The molecular weight excluding hydrogens is 356 g/mol. The molecule has 0 saturated heterocycles. The Morgan fingerprint density at radius 2 is 1.55 bits per heavy atom. The minimum atomic E-state index is 0.470. The van der Waals surface area contributed by atoms with Gasteiger partial charge in [-0.3, -0.25) is 0 Å². The average molecular weight is 378 g/mol. The van der Waals surface area contributed by atoms with E-state index in [1.165, 1.54) is 16.5 Å².